The molecule has 3 rings (SSSR count). The van der Waals surface area contributed by atoms with E-state index >= 15 is 0 Å². The Hall–Kier alpha value is -1.88. The zero-order valence-electron chi connectivity index (χ0n) is 9.38. The first-order valence-electron chi connectivity index (χ1n) is 5.52. The van der Waals surface area contributed by atoms with Crippen molar-refractivity contribution in [2.45, 2.75) is 18.3 Å². The van der Waals surface area contributed by atoms with Crippen molar-refractivity contribution < 1.29 is 9.90 Å². The van der Waals surface area contributed by atoms with Crippen LogP contribution in [0.15, 0.2) is 30.9 Å². The molecule has 1 N–H and O–H groups in total. The lowest BCUT2D eigenvalue weighted by Gasteiger charge is -2.12. The highest BCUT2D eigenvalue weighted by atomic mass is 35.5. The molecule has 5 nitrogen and oxygen atoms in total. The molecule has 1 aliphatic carbocycles. The first-order valence-corrected chi connectivity index (χ1v) is 5.90. The number of hydrogen-bond acceptors (Lipinski definition) is 3. The van der Waals surface area contributed by atoms with Gasteiger partial charge in [0.15, 0.2) is 0 Å². The Morgan fingerprint density at radius 1 is 1.44 bits per heavy atom. The molecule has 1 heterocycles. The zero-order valence-corrected chi connectivity index (χ0v) is 10.1. The van der Waals surface area contributed by atoms with E-state index in [1.54, 1.807) is 29.2 Å². The average molecular weight is 264 g/mol. The van der Waals surface area contributed by atoms with Crippen LogP contribution >= 0.6 is 11.6 Å². The van der Waals surface area contributed by atoms with Gasteiger partial charge in [-0.05, 0) is 30.5 Å². The van der Waals surface area contributed by atoms with E-state index in [9.17, 15) is 9.90 Å². The molecule has 6 heteroatoms. The number of carboxylic acids is 1. The van der Waals surface area contributed by atoms with Gasteiger partial charge >= 0.3 is 5.97 Å². The van der Waals surface area contributed by atoms with Crippen molar-refractivity contribution in [3.8, 4) is 5.69 Å². The molecule has 0 saturated heterocycles. The van der Waals surface area contributed by atoms with E-state index in [1.807, 2.05) is 0 Å². The molecule has 1 aromatic heterocycles. The summed E-state index contributed by atoms with van der Waals surface area (Å²) in [6.45, 7) is 0. The molecule has 18 heavy (non-hydrogen) atoms. The molecule has 2 aromatic rings. The van der Waals surface area contributed by atoms with Crippen LogP contribution in [0.1, 0.15) is 18.4 Å². The zero-order chi connectivity index (χ0) is 12.8. The smallest absolute Gasteiger partial charge is 0.314 e. The lowest BCUT2D eigenvalue weighted by Crippen LogP contribution is -2.19. The molecule has 0 amide bonds. The molecular weight excluding hydrogens is 254 g/mol. The molecule has 92 valence electrons. The number of rotatable bonds is 3. The van der Waals surface area contributed by atoms with Gasteiger partial charge in [-0.1, -0.05) is 17.7 Å². The second kappa shape index (κ2) is 3.81. The number of aromatic nitrogens is 3. The van der Waals surface area contributed by atoms with Crippen LogP contribution < -0.4 is 0 Å². The fraction of sp³-hybridized carbons (Fsp3) is 0.250. The molecule has 1 aliphatic rings. The van der Waals surface area contributed by atoms with Gasteiger partial charge < -0.3 is 5.11 Å². The molecule has 0 radical (unpaired) electrons. The second-order valence-corrected chi connectivity index (χ2v) is 4.80. The Balaban J connectivity index is 2.03. The summed E-state index contributed by atoms with van der Waals surface area (Å²) < 4.78 is 1.55. The van der Waals surface area contributed by atoms with Crippen molar-refractivity contribution in [3.05, 3.63) is 41.4 Å². The Labute approximate surface area is 108 Å². The predicted octanol–water partition coefficient (Wildman–Crippen LogP) is 2.04. The highest BCUT2D eigenvalue weighted by Gasteiger charge is 2.51. The summed E-state index contributed by atoms with van der Waals surface area (Å²) in [6.07, 6.45) is 4.30. The van der Waals surface area contributed by atoms with Gasteiger partial charge in [-0.25, -0.2) is 9.67 Å². The number of carboxylic acid groups (broad SMARTS) is 1. The summed E-state index contributed by atoms with van der Waals surface area (Å²) >= 11 is 6.18. The van der Waals surface area contributed by atoms with Gasteiger partial charge in [0.2, 0.25) is 0 Å². The third-order valence-corrected chi connectivity index (χ3v) is 3.63. The average Bonchev–Trinajstić information content (AvgIpc) is 2.99. The number of nitrogens with zero attached hydrogens (tertiary/aromatic N) is 3. The van der Waals surface area contributed by atoms with Crippen LogP contribution in [-0.2, 0) is 10.2 Å². The summed E-state index contributed by atoms with van der Waals surface area (Å²) in [6, 6.07) is 5.28. The van der Waals surface area contributed by atoms with E-state index in [4.69, 9.17) is 11.6 Å². The fourth-order valence-corrected chi connectivity index (χ4v) is 2.34. The molecule has 1 saturated carbocycles. The SMILES string of the molecule is O=C(O)C1(c2ccc(-n3cncn3)c(Cl)c2)CC1. The third-order valence-electron chi connectivity index (χ3n) is 3.33. The van der Waals surface area contributed by atoms with Gasteiger partial charge in [0.25, 0.3) is 0 Å². The minimum atomic E-state index is -0.785. The maximum Gasteiger partial charge on any atom is 0.314 e. The van der Waals surface area contributed by atoms with E-state index in [2.05, 4.69) is 10.1 Å². The first kappa shape index (κ1) is 11.2. The van der Waals surface area contributed by atoms with Gasteiger partial charge in [-0.15, -0.1) is 0 Å². The van der Waals surface area contributed by atoms with Crippen LogP contribution in [0.3, 0.4) is 0 Å². The Morgan fingerprint density at radius 2 is 2.22 bits per heavy atom. The van der Waals surface area contributed by atoms with Crippen molar-refractivity contribution in [1.29, 1.82) is 0 Å². The largest absolute Gasteiger partial charge is 0.481 e. The van der Waals surface area contributed by atoms with E-state index in [1.165, 1.54) is 6.33 Å². The standard InChI is InChI=1S/C12H10ClN3O2/c13-9-5-8(12(3-4-12)11(17)18)1-2-10(9)16-7-14-6-15-16/h1-2,5-7H,3-4H2,(H,17,18). The minimum absolute atomic E-state index is 0.477. The molecule has 0 aliphatic heterocycles. The lowest BCUT2D eigenvalue weighted by molar-refractivity contribution is -0.140. The fourth-order valence-electron chi connectivity index (χ4n) is 2.07. The van der Waals surface area contributed by atoms with Gasteiger partial charge in [-0.3, -0.25) is 4.79 Å². The van der Waals surface area contributed by atoms with Crippen molar-refractivity contribution in [3.63, 3.8) is 0 Å². The number of carbonyl (C=O) groups is 1. The van der Waals surface area contributed by atoms with Crippen LogP contribution in [0, 0.1) is 0 Å². The number of aliphatic carboxylic acids is 1. The molecule has 0 spiro atoms. The highest BCUT2D eigenvalue weighted by Crippen LogP contribution is 2.49. The van der Waals surface area contributed by atoms with Crippen LogP contribution in [0.5, 0.6) is 0 Å². The van der Waals surface area contributed by atoms with E-state index in [0.717, 1.165) is 5.56 Å². The van der Waals surface area contributed by atoms with Crippen molar-refractivity contribution in [1.82, 2.24) is 14.8 Å². The van der Waals surface area contributed by atoms with Crippen LogP contribution in [-0.4, -0.2) is 25.8 Å². The predicted molar refractivity (Wildman–Crippen MR) is 64.9 cm³/mol. The quantitative estimate of drug-likeness (QED) is 0.920. The summed E-state index contributed by atoms with van der Waals surface area (Å²) in [7, 11) is 0. The summed E-state index contributed by atoms with van der Waals surface area (Å²) in [5.41, 5.74) is 0.716. The molecule has 0 atom stereocenters. The van der Waals surface area contributed by atoms with Crippen LogP contribution in [0.2, 0.25) is 5.02 Å². The monoisotopic (exact) mass is 263 g/mol. The maximum absolute atomic E-state index is 11.2. The van der Waals surface area contributed by atoms with Crippen LogP contribution in [0.25, 0.3) is 5.69 Å². The van der Waals surface area contributed by atoms with E-state index in [-0.39, 0.29) is 0 Å². The Bertz CT molecular complexity index is 606. The topological polar surface area (TPSA) is 68.0 Å². The van der Waals surface area contributed by atoms with Crippen LogP contribution in [0.4, 0.5) is 0 Å². The molecule has 1 aromatic carbocycles. The van der Waals surface area contributed by atoms with Gasteiger partial charge in [0.1, 0.15) is 12.7 Å². The molecule has 1 fully saturated rings. The summed E-state index contributed by atoms with van der Waals surface area (Å²) in [5.74, 6) is -0.785. The van der Waals surface area contributed by atoms with Crippen molar-refractivity contribution >= 4 is 17.6 Å². The maximum atomic E-state index is 11.2. The summed E-state index contributed by atoms with van der Waals surface area (Å²) in [5, 5.41) is 13.7. The van der Waals surface area contributed by atoms with E-state index < -0.39 is 11.4 Å². The third kappa shape index (κ3) is 1.59. The lowest BCUT2D eigenvalue weighted by atomic mass is 9.96. The van der Waals surface area contributed by atoms with Gasteiger partial charge in [-0.2, -0.15) is 5.10 Å². The number of hydrogen-bond donors (Lipinski definition) is 1. The Morgan fingerprint density at radius 3 is 2.72 bits per heavy atom. The molecular formula is C12H10ClN3O2. The van der Waals surface area contributed by atoms with E-state index in [0.29, 0.717) is 23.6 Å². The number of halogens is 1. The number of benzene rings is 1. The second-order valence-electron chi connectivity index (χ2n) is 4.39. The van der Waals surface area contributed by atoms with Gasteiger partial charge in [0.05, 0.1) is 16.1 Å². The normalized spacial score (nSPS) is 16.5. The molecule has 0 unspecified atom stereocenters. The minimum Gasteiger partial charge on any atom is -0.481 e. The van der Waals surface area contributed by atoms with Gasteiger partial charge in [0, 0.05) is 0 Å². The van der Waals surface area contributed by atoms with Crippen molar-refractivity contribution in [2.75, 3.05) is 0 Å². The van der Waals surface area contributed by atoms with Crippen molar-refractivity contribution in [2.24, 2.45) is 0 Å². The summed E-state index contributed by atoms with van der Waals surface area (Å²) in [4.78, 5) is 15.1. The molecule has 0 bridgehead atoms. The Kier molecular flexibility index (Phi) is 2.38. The highest BCUT2D eigenvalue weighted by molar-refractivity contribution is 6.32. The first-order chi connectivity index (χ1) is 8.63.